The molecule has 0 aromatic carbocycles. The minimum absolute atomic E-state index is 1.06. The molecule has 2 rings (SSSR count). The highest BCUT2D eigenvalue weighted by Crippen LogP contribution is 2.50. The van der Waals surface area contributed by atoms with Crippen LogP contribution in [0.1, 0.15) is 6.92 Å². The van der Waals surface area contributed by atoms with Gasteiger partial charge in [0, 0.05) is 13.1 Å². The third kappa shape index (κ3) is 0.455. The lowest BCUT2D eigenvalue weighted by molar-refractivity contribution is 0.350. The topological polar surface area (TPSA) is 3.24 Å². The third-order valence-corrected chi connectivity index (χ3v) is 2.80. The van der Waals surface area contributed by atoms with E-state index < -0.39 is 0 Å². The number of nitrogens with zero attached hydrogens (tertiary/aromatic N) is 1. The van der Waals surface area contributed by atoms with Crippen molar-refractivity contribution in [3.05, 3.63) is 0 Å². The zero-order valence-corrected chi connectivity index (χ0v) is 5.59. The highest BCUT2D eigenvalue weighted by atomic mass is 15.1. The summed E-state index contributed by atoms with van der Waals surface area (Å²) in [6, 6.07) is 0. The summed E-state index contributed by atoms with van der Waals surface area (Å²) in [5.74, 6) is 3.23. The number of piperidine rings is 1. The fraction of sp³-hybridized carbons (Fsp3) is 1.00. The molecule has 1 heterocycles. The molecule has 1 saturated heterocycles. The van der Waals surface area contributed by atoms with Crippen molar-refractivity contribution in [2.75, 3.05) is 20.1 Å². The summed E-state index contributed by atoms with van der Waals surface area (Å²) in [5, 5.41) is 0. The second-order valence-corrected chi connectivity index (χ2v) is 3.41. The first-order valence-electron chi connectivity index (χ1n) is 3.47. The normalized spacial score (nSPS) is 54.0. The second kappa shape index (κ2) is 1.27. The maximum atomic E-state index is 2.44. The monoisotopic (exact) mass is 111 g/mol. The minimum atomic E-state index is 1.06. The van der Waals surface area contributed by atoms with Crippen LogP contribution in [0.3, 0.4) is 0 Å². The van der Waals surface area contributed by atoms with Gasteiger partial charge in [-0.15, -0.1) is 0 Å². The van der Waals surface area contributed by atoms with Gasteiger partial charge < -0.3 is 4.90 Å². The summed E-state index contributed by atoms with van der Waals surface area (Å²) in [4.78, 5) is 2.44. The summed E-state index contributed by atoms with van der Waals surface area (Å²) in [5.41, 5.74) is 0. The van der Waals surface area contributed by atoms with Gasteiger partial charge in [-0.05, 0) is 24.8 Å². The molecule has 0 spiro atoms. The number of likely N-dealkylation sites (tertiary alicyclic amines) is 1. The van der Waals surface area contributed by atoms with Crippen LogP contribution < -0.4 is 0 Å². The van der Waals surface area contributed by atoms with E-state index in [1.165, 1.54) is 13.1 Å². The van der Waals surface area contributed by atoms with Gasteiger partial charge in [-0.25, -0.2) is 0 Å². The Balaban J connectivity index is 2.00. The van der Waals surface area contributed by atoms with Crippen molar-refractivity contribution in [3.8, 4) is 0 Å². The Morgan fingerprint density at radius 1 is 1.25 bits per heavy atom. The first-order chi connectivity index (χ1) is 3.79. The van der Waals surface area contributed by atoms with Crippen LogP contribution >= 0.6 is 0 Å². The van der Waals surface area contributed by atoms with E-state index in [1.807, 2.05) is 0 Å². The first kappa shape index (κ1) is 4.80. The van der Waals surface area contributed by atoms with Crippen LogP contribution in [0, 0.1) is 17.8 Å². The molecule has 0 unspecified atom stereocenters. The first-order valence-corrected chi connectivity index (χ1v) is 3.47. The lowest BCUT2D eigenvalue weighted by Crippen LogP contribution is -2.18. The molecular formula is C7H13N. The lowest BCUT2D eigenvalue weighted by atomic mass is 10.3. The van der Waals surface area contributed by atoms with Crippen molar-refractivity contribution in [2.24, 2.45) is 17.8 Å². The van der Waals surface area contributed by atoms with Crippen LogP contribution in [-0.4, -0.2) is 25.0 Å². The number of hydrogen-bond acceptors (Lipinski definition) is 1. The van der Waals surface area contributed by atoms with Crippen LogP contribution in [-0.2, 0) is 0 Å². The third-order valence-electron chi connectivity index (χ3n) is 2.80. The van der Waals surface area contributed by atoms with E-state index in [0.29, 0.717) is 0 Å². The molecule has 2 fully saturated rings. The summed E-state index contributed by atoms with van der Waals surface area (Å²) in [6.07, 6.45) is 0. The van der Waals surface area contributed by atoms with Gasteiger partial charge in [-0.3, -0.25) is 0 Å². The maximum Gasteiger partial charge on any atom is 0.00126 e. The number of fused-ring (bicyclic) bond motifs is 1. The quantitative estimate of drug-likeness (QED) is 0.447. The number of rotatable bonds is 0. The molecule has 3 atom stereocenters. The van der Waals surface area contributed by atoms with Crippen LogP contribution in [0.4, 0.5) is 0 Å². The van der Waals surface area contributed by atoms with Gasteiger partial charge in [0.15, 0.2) is 0 Å². The predicted octanol–water partition coefficient (Wildman–Crippen LogP) is 0.814. The Morgan fingerprint density at radius 3 is 2.12 bits per heavy atom. The molecule has 2 aliphatic rings. The highest BCUT2D eigenvalue weighted by Gasteiger charge is 2.51. The van der Waals surface area contributed by atoms with Crippen molar-refractivity contribution < 1.29 is 0 Å². The van der Waals surface area contributed by atoms with Gasteiger partial charge >= 0.3 is 0 Å². The molecule has 1 heteroatoms. The standard InChI is InChI=1S/C7H13N/c1-5-6-3-8(2)4-7(5)6/h5-7H,3-4H2,1-2H3/t5-,6-,7+. The van der Waals surface area contributed by atoms with Gasteiger partial charge in [-0.2, -0.15) is 0 Å². The summed E-state index contributed by atoms with van der Waals surface area (Å²) in [6.45, 7) is 5.11. The SMILES string of the molecule is C[C@@H]1[C@H]2CN(C)C[C@@H]12. The Hall–Kier alpha value is -0.0400. The summed E-state index contributed by atoms with van der Waals surface area (Å²) in [7, 11) is 2.22. The van der Waals surface area contributed by atoms with Gasteiger partial charge in [0.1, 0.15) is 0 Å². The molecule has 8 heavy (non-hydrogen) atoms. The van der Waals surface area contributed by atoms with E-state index in [0.717, 1.165) is 17.8 Å². The predicted molar refractivity (Wildman–Crippen MR) is 33.6 cm³/mol. The summed E-state index contributed by atoms with van der Waals surface area (Å²) >= 11 is 0. The van der Waals surface area contributed by atoms with Crippen molar-refractivity contribution >= 4 is 0 Å². The van der Waals surface area contributed by atoms with E-state index in [2.05, 4.69) is 18.9 Å². The Labute approximate surface area is 50.7 Å². The average Bonchev–Trinajstić information content (AvgIpc) is 2.29. The molecule has 0 aromatic heterocycles. The zero-order valence-electron chi connectivity index (χ0n) is 5.59. The van der Waals surface area contributed by atoms with E-state index in [1.54, 1.807) is 0 Å². The minimum Gasteiger partial charge on any atom is -0.306 e. The van der Waals surface area contributed by atoms with Gasteiger partial charge in [-0.1, -0.05) is 6.92 Å². The molecule has 46 valence electrons. The Kier molecular flexibility index (Phi) is 0.762. The molecule has 1 aliphatic carbocycles. The molecule has 1 nitrogen and oxygen atoms in total. The van der Waals surface area contributed by atoms with Crippen molar-refractivity contribution in [1.82, 2.24) is 4.90 Å². The molecule has 0 N–H and O–H groups in total. The maximum absolute atomic E-state index is 2.44. The lowest BCUT2D eigenvalue weighted by Gasteiger charge is -2.09. The van der Waals surface area contributed by atoms with Crippen molar-refractivity contribution in [2.45, 2.75) is 6.92 Å². The van der Waals surface area contributed by atoms with Crippen LogP contribution in [0.2, 0.25) is 0 Å². The second-order valence-electron chi connectivity index (χ2n) is 3.41. The fourth-order valence-corrected chi connectivity index (χ4v) is 2.03. The largest absolute Gasteiger partial charge is 0.306 e. The van der Waals surface area contributed by atoms with Crippen LogP contribution in [0.15, 0.2) is 0 Å². The zero-order chi connectivity index (χ0) is 5.72. The Bertz CT molecular complexity index is 99.0. The fourth-order valence-electron chi connectivity index (χ4n) is 2.03. The average molecular weight is 111 g/mol. The van der Waals surface area contributed by atoms with Crippen molar-refractivity contribution in [1.29, 1.82) is 0 Å². The molecule has 1 saturated carbocycles. The van der Waals surface area contributed by atoms with Gasteiger partial charge in [0.2, 0.25) is 0 Å². The van der Waals surface area contributed by atoms with Crippen LogP contribution in [0.5, 0.6) is 0 Å². The molecule has 1 aliphatic heterocycles. The van der Waals surface area contributed by atoms with E-state index in [-0.39, 0.29) is 0 Å². The van der Waals surface area contributed by atoms with E-state index in [9.17, 15) is 0 Å². The molecule has 0 aromatic rings. The highest BCUT2D eigenvalue weighted by molar-refractivity contribution is 5.01. The Morgan fingerprint density at radius 2 is 1.75 bits per heavy atom. The van der Waals surface area contributed by atoms with Crippen LogP contribution in [0.25, 0.3) is 0 Å². The molecule has 0 bridgehead atoms. The summed E-state index contributed by atoms with van der Waals surface area (Å²) < 4.78 is 0. The van der Waals surface area contributed by atoms with E-state index in [4.69, 9.17) is 0 Å². The number of hydrogen-bond donors (Lipinski definition) is 0. The smallest absolute Gasteiger partial charge is 0.00126 e. The van der Waals surface area contributed by atoms with Crippen molar-refractivity contribution in [3.63, 3.8) is 0 Å². The van der Waals surface area contributed by atoms with Gasteiger partial charge in [0.25, 0.3) is 0 Å². The van der Waals surface area contributed by atoms with Gasteiger partial charge in [0.05, 0.1) is 0 Å². The molecule has 0 radical (unpaired) electrons. The van der Waals surface area contributed by atoms with E-state index >= 15 is 0 Å². The molecule has 0 amide bonds. The molecular weight excluding hydrogens is 98.1 g/mol.